The highest BCUT2D eigenvalue weighted by Gasteiger charge is 2.29. The second-order valence-electron chi connectivity index (χ2n) is 3.50. The van der Waals surface area contributed by atoms with Crippen LogP contribution in [0.2, 0.25) is 0 Å². The van der Waals surface area contributed by atoms with E-state index in [0.29, 0.717) is 6.04 Å². The molecular formula is C8H15NO2. The molecule has 1 rings (SSSR count). The molecule has 0 radical (unpaired) electrons. The lowest BCUT2D eigenvalue weighted by molar-refractivity contribution is -0.140. The predicted molar refractivity (Wildman–Crippen MR) is 42.4 cm³/mol. The van der Waals surface area contributed by atoms with E-state index in [1.807, 2.05) is 13.8 Å². The molecule has 1 unspecified atom stereocenters. The van der Waals surface area contributed by atoms with Gasteiger partial charge in [-0.2, -0.15) is 0 Å². The molecule has 0 aliphatic heterocycles. The van der Waals surface area contributed by atoms with Crippen molar-refractivity contribution in [2.45, 2.75) is 38.8 Å². The maximum absolute atomic E-state index is 10.6. The van der Waals surface area contributed by atoms with Gasteiger partial charge in [-0.05, 0) is 18.8 Å². The van der Waals surface area contributed by atoms with Crippen LogP contribution in [-0.4, -0.2) is 23.2 Å². The number of hydrogen-bond donors (Lipinski definition) is 2. The summed E-state index contributed by atoms with van der Waals surface area (Å²) < 4.78 is 0. The third kappa shape index (κ3) is 2.50. The molecule has 3 nitrogen and oxygen atoms in total. The van der Waals surface area contributed by atoms with Crippen molar-refractivity contribution < 1.29 is 9.90 Å². The lowest BCUT2D eigenvalue weighted by Gasteiger charge is -2.16. The van der Waals surface area contributed by atoms with E-state index in [4.69, 9.17) is 5.11 Å². The quantitative estimate of drug-likeness (QED) is 0.636. The molecule has 0 aromatic heterocycles. The summed E-state index contributed by atoms with van der Waals surface area (Å²) in [7, 11) is 0. The molecule has 0 bridgehead atoms. The molecular weight excluding hydrogens is 142 g/mol. The van der Waals surface area contributed by atoms with Gasteiger partial charge in [0.05, 0.1) is 0 Å². The molecule has 1 aliphatic carbocycles. The first kappa shape index (κ1) is 8.53. The fraction of sp³-hybridized carbons (Fsp3) is 0.875. The highest BCUT2D eigenvalue weighted by Crippen LogP contribution is 2.20. The summed E-state index contributed by atoms with van der Waals surface area (Å²) in [5.74, 6) is -0.556. The van der Waals surface area contributed by atoms with Crippen molar-refractivity contribution in [1.82, 2.24) is 5.32 Å². The van der Waals surface area contributed by atoms with Gasteiger partial charge in [0, 0.05) is 6.04 Å². The highest BCUT2D eigenvalue weighted by atomic mass is 16.4. The third-order valence-corrected chi connectivity index (χ3v) is 1.93. The van der Waals surface area contributed by atoms with Gasteiger partial charge in [0.25, 0.3) is 0 Å². The van der Waals surface area contributed by atoms with E-state index < -0.39 is 5.97 Å². The van der Waals surface area contributed by atoms with Gasteiger partial charge in [-0.3, -0.25) is 4.79 Å². The average Bonchev–Trinajstić information content (AvgIpc) is 2.63. The monoisotopic (exact) mass is 157 g/mol. The van der Waals surface area contributed by atoms with Crippen LogP contribution in [-0.2, 0) is 4.79 Å². The summed E-state index contributed by atoms with van der Waals surface area (Å²) in [5.41, 5.74) is 0. The third-order valence-electron chi connectivity index (χ3n) is 1.93. The maximum atomic E-state index is 10.6. The van der Waals surface area contributed by atoms with E-state index in [9.17, 15) is 4.79 Å². The Bertz CT molecular complexity index is 152. The number of rotatable bonds is 4. The van der Waals surface area contributed by atoms with Crippen LogP contribution in [0.25, 0.3) is 0 Å². The van der Waals surface area contributed by atoms with Gasteiger partial charge < -0.3 is 10.4 Å². The van der Waals surface area contributed by atoms with Gasteiger partial charge in [0.1, 0.15) is 6.04 Å². The van der Waals surface area contributed by atoms with Gasteiger partial charge >= 0.3 is 5.97 Å². The van der Waals surface area contributed by atoms with Crippen LogP contribution in [0.4, 0.5) is 0 Å². The smallest absolute Gasteiger partial charge is 0.320 e. The van der Waals surface area contributed by atoms with Gasteiger partial charge in [-0.25, -0.2) is 0 Å². The van der Waals surface area contributed by atoms with Crippen molar-refractivity contribution >= 4 is 5.97 Å². The molecule has 0 amide bonds. The van der Waals surface area contributed by atoms with Crippen molar-refractivity contribution in [2.24, 2.45) is 5.92 Å². The van der Waals surface area contributed by atoms with E-state index in [-0.39, 0.29) is 12.0 Å². The normalized spacial score (nSPS) is 20.3. The van der Waals surface area contributed by atoms with Gasteiger partial charge in [0.15, 0.2) is 0 Å². The summed E-state index contributed by atoms with van der Waals surface area (Å²) in [6.45, 7) is 3.85. The van der Waals surface area contributed by atoms with Crippen LogP contribution >= 0.6 is 0 Å². The number of hydrogen-bond acceptors (Lipinski definition) is 2. The number of carboxylic acid groups (broad SMARTS) is 1. The summed E-state index contributed by atoms with van der Waals surface area (Å²) in [4.78, 5) is 10.6. The molecule has 0 aromatic rings. The molecule has 1 fully saturated rings. The van der Waals surface area contributed by atoms with Crippen LogP contribution in [0.1, 0.15) is 26.7 Å². The predicted octanol–water partition coefficient (Wildman–Crippen LogP) is 0.848. The fourth-order valence-corrected chi connectivity index (χ4v) is 1.05. The van der Waals surface area contributed by atoms with Gasteiger partial charge in [0.2, 0.25) is 0 Å². The Morgan fingerprint density at radius 3 is 2.36 bits per heavy atom. The minimum Gasteiger partial charge on any atom is -0.480 e. The topological polar surface area (TPSA) is 49.3 Å². The first-order chi connectivity index (χ1) is 5.11. The molecule has 0 spiro atoms. The average molecular weight is 157 g/mol. The van der Waals surface area contributed by atoms with Crippen molar-refractivity contribution in [1.29, 1.82) is 0 Å². The fourth-order valence-electron chi connectivity index (χ4n) is 1.05. The van der Waals surface area contributed by atoms with Crippen LogP contribution in [0.15, 0.2) is 0 Å². The molecule has 3 heteroatoms. The van der Waals surface area contributed by atoms with Crippen molar-refractivity contribution in [3.63, 3.8) is 0 Å². The molecule has 1 atom stereocenters. The number of aliphatic carboxylic acids is 1. The Balaban J connectivity index is 2.37. The zero-order valence-electron chi connectivity index (χ0n) is 7.00. The summed E-state index contributed by atoms with van der Waals surface area (Å²) in [6, 6.07) is 0.112. The van der Waals surface area contributed by atoms with Gasteiger partial charge in [-0.1, -0.05) is 13.8 Å². The van der Waals surface area contributed by atoms with E-state index in [1.165, 1.54) is 0 Å². The zero-order valence-corrected chi connectivity index (χ0v) is 7.00. The zero-order chi connectivity index (χ0) is 8.43. The van der Waals surface area contributed by atoms with Crippen molar-refractivity contribution in [3.8, 4) is 0 Å². The van der Waals surface area contributed by atoms with E-state index in [2.05, 4.69) is 5.32 Å². The second kappa shape index (κ2) is 3.22. The molecule has 1 aliphatic rings. The standard InChI is InChI=1S/C8H15NO2/c1-5(2)7(8(10)11)9-6-3-4-6/h5-7,9H,3-4H2,1-2H3,(H,10,11). The Hall–Kier alpha value is -0.570. The number of carbonyl (C=O) groups is 1. The highest BCUT2D eigenvalue weighted by molar-refractivity contribution is 5.73. The Labute approximate surface area is 66.8 Å². The molecule has 64 valence electrons. The van der Waals surface area contributed by atoms with E-state index in [0.717, 1.165) is 12.8 Å². The Morgan fingerprint density at radius 1 is 1.55 bits per heavy atom. The molecule has 2 N–H and O–H groups in total. The first-order valence-electron chi connectivity index (χ1n) is 4.10. The SMILES string of the molecule is CC(C)C(NC1CC1)C(=O)O. The molecule has 11 heavy (non-hydrogen) atoms. The lowest BCUT2D eigenvalue weighted by Crippen LogP contribution is -2.42. The lowest BCUT2D eigenvalue weighted by atomic mass is 10.1. The Morgan fingerprint density at radius 2 is 2.09 bits per heavy atom. The van der Waals surface area contributed by atoms with Crippen LogP contribution in [0, 0.1) is 5.92 Å². The van der Waals surface area contributed by atoms with E-state index in [1.54, 1.807) is 0 Å². The first-order valence-corrected chi connectivity index (χ1v) is 4.10. The number of carboxylic acids is 1. The summed E-state index contributed by atoms with van der Waals surface area (Å²) in [5, 5.41) is 11.8. The summed E-state index contributed by atoms with van der Waals surface area (Å²) >= 11 is 0. The summed E-state index contributed by atoms with van der Waals surface area (Å²) in [6.07, 6.45) is 2.27. The molecule has 1 saturated carbocycles. The van der Waals surface area contributed by atoms with E-state index >= 15 is 0 Å². The van der Waals surface area contributed by atoms with Crippen LogP contribution in [0.5, 0.6) is 0 Å². The second-order valence-corrected chi connectivity index (χ2v) is 3.50. The minimum absolute atomic E-state index is 0.174. The molecule has 0 saturated heterocycles. The van der Waals surface area contributed by atoms with Gasteiger partial charge in [-0.15, -0.1) is 0 Å². The van der Waals surface area contributed by atoms with Crippen LogP contribution in [0.3, 0.4) is 0 Å². The van der Waals surface area contributed by atoms with Crippen molar-refractivity contribution in [3.05, 3.63) is 0 Å². The minimum atomic E-state index is -0.730. The molecule has 0 heterocycles. The van der Waals surface area contributed by atoms with Crippen LogP contribution < -0.4 is 5.32 Å². The maximum Gasteiger partial charge on any atom is 0.320 e. The largest absolute Gasteiger partial charge is 0.480 e. The van der Waals surface area contributed by atoms with Crippen molar-refractivity contribution in [2.75, 3.05) is 0 Å². The number of nitrogens with one attached hydrogen (secondary N) is 1. The molecule has 0 aromatic carbocycles. The Kier molecular flexibility index (Phi) is 2.49.